The van der Waals surface area contributed by atoms with Gasteiger partial charge in [0.2, 0.25) is 10.0 Å². The standard InChI is InChI=1S/C17H13F3N2O4S/c18-17(19,20)26-14-3-5-15(6-4-14)27(23,24)22-10-12-8-13(11-21-9-12)16-2-1-7-25-16/h1-9,11,22H,10H2. The lowest BCUT2D eigenvalue weighted by Crippen LogP contribution is -2.23. The minimum absolute atomic E-state index is 0.0509. The molecule has 2 aromatic heterocycles. The van der Waals surface area contributed by atoms with Gasteiger partial charge in [0, 0.05) is 24.5 Å². The molecule has 1 N–H and O–H groups in total. The van der Waals surface area contributed by atoms with E-state index in [0.29, 0.717) is 16.9 Å². The largest absolute Gasteiger partial charge is 0.573 e. The quantitative estimate of drug-likeness (QED) is 0.685. The van der Waals surface area contributed by atoms with E-state index in [1.165, 1.54) is 12.5 Å². The van der Waals surface area contributed by atoms with Gasteiger partial charge in [0.25, 0.3) is 0 Å². The number of nitrogens with zero attached hydrogens (tertiary/aromatic N) is 1. The van der Waals surface area contributed by atoms with Crippen LogP contribution in [0.2, 0.25) is 0 Å². The van der Waals surface area contributed by atoms with E-state index in [2.05, 4.69) is 14.4 Å². The Morgan fingerprint density at radius 2 is 1.85 bits per heavy atom. The Labute approximate surface area is 152 Å². The van der Waals surface area contributed by atoms with Crippen LogP contribution < -0.4 is 9.46 Å². The third-order valence-electron chi connectivity index (χ3n) is 3.43. The number of hydrogen-bond acceptors (Lipinski definition) is 5. The third kappa shape index (κ3) is 5.08. The fourth-order valence-electron chi connectivity index (χ4n) is 2.24. The molecule has 0 aliphatic carbocycles. The summed E-state index contributed by atoms with van der Waals surface area (Å²) < 4.78 is 72.4. The number of rotatable bonds is 6. The Balaban J connectivity index is 1.69. The zero-order valence-electron chi connectivity index (χ0n) is 13.6. The van der Waals surface area contributed by atoms with Crippen LogP contribution in [-0.2, 0) is 16.6 Å². The highest BCUT2D eigenvalue weighted by atomic mass is 32.2. The van der Waals surface area contributed by atoms with Crippen LogP contribution in [0.5, 0.6) is 5.75 Å². The minimum atomic E-state index is -4.84. The van der Waals surface area contributed by atoms with E-state index in [1.807, 2.05) is 0 Å². The van der Waals surface area contributed by atoms with Gasteiger partial charge in [-0.05, 0) is 48.0 Å². The molecule has 2 heterocycles. The van der Waals surface area contributed by atoms with Crippen LogP contribution >= 0.6 is 0 Å². The number of ether oxygens (including phenoxy) is 1. The third-order valence-corrected chi connectivity index (χ3v) is 4.85. The van der Waals surface area contributed by atoms with E-state index < -0.39 is 22.1 Å². The van der Waals surface area contributed by atoms with Crippen molar-refractivity contribution in [1.29, 1.82) is 0 Å². The Hall–Kier alpha value is -2.85. The van der Waals surface area contributed by atoms with Gasteiger partial charge >= 0.3 is 6.36 Å². The predicted molar refractivity (Wildman–Crippen MR) is 89.1 cm³/mol. The van der Waals surface area contributed by atoms with Gasteiger partial charge in [-0.15, -0.1) is 13.2 Å². The maximum absolute atomic E-state index is 12.3. The van der Waals surface area contributed by atoms with Crippen molar-refractivity contribution in [3.63, 3.8) is 0 Å². The molecule has 142 valence electrons. The van der Waals surface area contributed by atoms with E-state index in [9.17, 15) is 21.6 Å². The fourth-order valence-corrected chi connectivity index (χ4v) is 3.26. The number of aromatic nitrogens is 1. The number of hydrogen-bond donors (Lipinski definition) is 1. The monoisotopic (exact) mass is 398 g/mol. The predicted octanol–water partition coefficient (Wildman–Crippen LogP) is 3.72. The zero-order chi connectivity index (χ0) is 19.5. The van der Waals surface area contributed by atoms with Crippen molar-refractivity contribution in [2.75, 3.05) is 0 Å². The molecule has 3 rings (SSSR count). The molecular weight excluding hydrogens is 385 g/mol. The highest BCUT2D eigenvalue weighted by Gasteiger charge is 2.31. The van der Waals surface area contributed by atoms with E-state index in [1.54, 1.807) is 24.4 Å². The topological polar surface area (TPSA) is 81.4 Å². The van der Waals surface area contributed by atoms with Crippen LogP contribution in [0.15, 0.2) is 70.4 Å². The van der Waals surface area contributed by atoms with Gasteiger partial charge in [0.15, 0.2) is 0 Å². The summed E-state index contributed by atoms with van der Waals surface area (Å²) in [6.45, 7) is -0.0509. The molecule has 0 fully saturated rings. The SMILES string of the molecule is O=S(=O)(NCc1cncc(-c2ccco2)c1)c1ccc(OC(F)(F)F)cc1. The Morgan fingerprint density at radius 3 is 2.48 bits per heavy atom. The lowest BCUT2D eigenvalue weighted by Gasteiger charge is -2.10. The Morgan fingerprint density at radius 1 is 1.11 bits per heavy atom. The second-order valence-corrected chi connectivity index (χ2v) is 7.17. The highest BCUT2D eigenvalue weighted by Crippen LogP contribution is 2.24. The average molecular weight is 398 g/mol. The molecule has 0 spiro atoms. The number of alkyl halides is 3. The van der Waals surface area contributed by atoms with E-state index >= 15 is 0 Å². The average Bonchev–Trinajstić information content (AvgIpc) is 3.14. The summed E-state index contributed by atoms with van der Waals surface area (Å²) in [6.07, 6.45) is -0.257. The molecule has 0 atom stereocenters. The van der Waals surface area contributed by atoms with Crippen molar-refractivity contribution >= 4 is 10.0 Å². The molecule has 0 unspecified atom stereocenters. The molecule has 0 aliphatic rings. The first kappa shape index (κ1) is 18.9. The second kappa shape index (κ2) is 7.41. The maximum atomic E-state index is 12.3. The van der Waals surface area contributed by atoms with Gasteiger partial charge < -0.3 is 9.15 Å². The van der Waals surface area contributed by atoms with Gasteiger partial charge in [0.1, 0.15) is 11.5 Å². The minimum Gasteiger partial charge on any atom is -0.464 e. The summed E-state index contributed by atoms with van der Waals surface area (Å²) in [5, 5.41) is 0. The van der Waals surface area contributed by atoms with Crippen LogP contribution in [0, 0.1) is 0 Å². The van der Waals surface area contributed by atoms with Crippen molar-refractivity contribution in [3.05, 3.63) is 66.7 Å². The molecule has 27 heavy (non-hydrogen) atoms. The molecule has 0 radical (unpaired) electrons. The van der Waals surface area contributed by atoms with Gasteiger partial charge in [-0.1, -0.05) is 0 Å². The maximum Gasteiger partial charge on any atom is 0.573 e. The van der Waals surface area contributed by atoms with Crippen LogP contribution in [-0.4, -0.2) is 19.8 Å². The van der Waals surface area contributed by atoms with Gasteiger partial charge in [-0.3, -0.25) is 4.98 Å². The summed E-state index contributed by atoms with van der Waals surface area (Å²) in [5.74, 6) is 0.0873. The lowest BCUT2D eigenvalue weighted by atomic mass is 10.2. The number of pyridine rings is 1. The summed E-state index contributed by atoms with van der Waals surface area (Å²) in [7, 11) is -3.92. The molecule has 1 aromatic carbocycles. The number of sulfonamides is 1. The summed E-state index contributed by atoms with van der Waals surface area (Å²) in [6, 6.07) is 9.10. The zero-order valence-corrected chi connectivity index (χ0v) is 14.4. The number of nitrogens with one attached hydrogen (secondary N) is 1. The second-order valence-electron chi connectivity index (χ2n) is 5.40. The van der Waals surface area contributed by atoms with Crippen molar-refractivity contribution in [3.8, 4) is 17.1 Å². The van der Waals surface area contributed by atoms with Crippen molar-refractivity contribution in [2.24, 2.45) is 0 Å². The van der Waals surface area contributed by atoms with Crippen molar-refractivity contribution < 1.29 is 30.7 Å². The summed E-state index contributed by atoms with van der Waals surface area (Å²) in [4.78, 5) is 3.85. The van der Waals surface area contributed by atoms with Crippen LogP contribution in [0.4, 0.5) is 13.2 Å². The van der Waals surface area contributed by atoms with Crippen molar-refractivity contribution in [2.45, 2.75) is 17.8 Å². The van der Waals surface area contributed by atoms with Crippen LogP contribution in [0.1, 0.15) is 5.56 Å². The van der Waals surface area contributed by atoms with Gasteiger partial charge in [-0.25, -0.2) is 13.1 Å². The molecular formula is C17H13F3N2O4S. The van der Waals surface area contributed by atoms with E-state index in [0.717, 1.165) is 24.3 Å². The van der Waals surface area contributed by atoms with Gasteiger partial charge in [0.05, 0.1) is 11.2 Å². The molecule has 6 nitrogen and oxygen atoms in total. The van der Waals surface area contributed by atoms with Crippen molar-refractivity contribution in [1.82, 2.24) is 9.71 Å². The Kier molecular flexibility index (Phi) is 5.19. The van der Waals surface area contributed by atoms with E-state index in [-0.39, 0.29) is 11.4 Å². The molecule has 0 amide bonds. The van der Waals surface area contributed by atoms with Gasteiger partial charge in [-0.2, -0.15) is 0 Å². The fraction of sp³-hybridized carbons (Fsp3) is 0.118. The smallest absolute Gasteiger partial charge is 0.464 e. The molecule has 0 saturated heterocycles. The van der Waals surface area contributed by atoms with E-state index in [4.69, 9.17) is 4.42 Å². The number of benzene rings is 1. The first-order valence-corrected chi connectivity index (χ1v) is 9.04. The molecule has 0 bridgehead atoms. The first-order valence-electron chi connectivity index (χ1n) is 7.56. The Bertz CT molecular complexity index is 1000. The normalized spacial score (nSPS) is 12.1. The highest BCUT2D eigenvalue weighted by molar-refractivity contribution is 7.89. The number of furan rings is 1. The summed E-state index contributed by atoms with van der Waals surface area (Å²) in [5.41, 5.74) is 1.27. The molecule has 0 saturated carbocycles. The summed E-state index contributed by atoms with van der Waals surface area (Å²) >= 11 is 0. The van der Waals surface area contributed by atoms with Crippen LogP contribution in [0.3, 0.4) is 0 Å². The molecule has 3 aromatic rings. The molecule has 0 aliphatic heterocycles. The number of halogens is 3. The first-order chi connectivity index (χ1) is 12.7. The van der Waals surface area contributed by atoms with Crippen LogP contribution in [0.25, 0.3) is 11.3 Å². The molecule has 10 heteroatoms. The lowest BCUT2D eigenvalue weighted by molar-refractivity contribution is -0.274.